The number of piperazine rings is 1. The Bertz CT molecular complexity index is 911. The molecule has 0 radical (unpaired) electrons. The molecule has 1 saturated heterocycles. The summed E-state index contributed by atoms with van der Waals surface area (Å²) in [4.78, 5) is 14.2. The zero-order chi connectivity index (χ0) is 20.7. The Labute approximate surface area is 172 Å². The van der Waals surface area contributed by atoms with Crippen LogP contribution in [0.25, 0.3) is 0 Å². The van der Waals surface area contributed by atoms with Crippen molar-refractivity contribution in [1.82, 2.24) is 14.5 Å². The maximum atomic E-state index is 12.6. The van der Waals surface area contributed by atoms with Crippen molar-refractivity contribution in [2.24, 2.45) is 0 Å². The molecule has 8 heteroatoms. The van der Waals surface area contributed by atoms with Crippen molar-refractivity contribution in [2.75, 3.05) is 39.8 Å². The molecule has 0 aromatic heterocycles. The van der Waals surface area contributed by atoms with Gasteiger partial charge in [-0.3, -0.25) is 9.69 Å². The van der Waals surface area contributed by atoms with Crippen LogP contribution < -0.4 is 10.1 Å². The van der Waals surface area contributed by atoms with Crippen molar-refractivity contribution in [3.8, 4) is 5.75 Å². The van der Waals surface area contributed by atoms with E-state index < -0.39 is 10.0 Å². The predicted octanol–water partition coefficient (Wildman–Crippen LogP) is 1.46. The van der Waals surface area contributed by atoms with Gasteiger partial charge < -0.3 is 10.1 Å². The minimum atomic E-state index is -3.35. The van der Waals surface area contributed by atoms with Crippen LogP contribution in [0, 0.1) is 0 Å². The fourth-order valence-electron chi connectivity index (χ4n) is 3.28. The van der Waals surface area contributed by atoms with Gasteiger partial charge in [-0.1, -0.05) is 42.5 Å². The van der Waals surface area contributed by atoms with E-state index in [1.807, 2.05) is 59.5 Å². The van der Waals surface area contributed by atoms with Crippen molar-refractivity contribution in [3.63, 3.8) is 0 Å². The predicted molar refractivity (Wildman–Crippen MR) is 112 cm³/mol. The summed E-state index contributed by atoms with van der Waals surface area (Å²) < 4.78 is 31.9. The third kappa shape index (κ3) is 6.28. The van der Waals surface area contributed by atoms with Gasteiger partial charge in [0, 0.05) is 32.7 Å². The summed E-state index contributed by atoms with van der Waals surface area (Å²) in [6.45, 7) is 2.58. The van der Waals surface area contributed by atoms with Gasteiger partial charge in [0.05, 0.1) is 19.4 Å². The molecule has 1 heterocycles. The first kappa shape index (κ1) is 21.3. The van der Waals surface area contributed by atoms with Gasteiger partial charge in [0.1, 0.15) is 5.75 Å². The molecule has 156 valence electrons. The van der Waals surface area contributed by atoms with Crippen LogP contribution in [-0.2, 0) is 27.1 Å². The second kappa shape index (κ2) is 9.87. The Hall–Kier alpha value is -2.42. The molecule has 0 aliphatic carbocycles. The lowest BCUT2D eigenvalue weighted by Gasteiger charge is -2.33. The first-order valence-corrected chi connectivity index (χ1v) is 11.2. The smallest absolute Gasteiger partial charge is 0.234 e. The molecule has 0 unspecified atom stereocenters. The van der Waals surface area contributed by atoms with E-state index in [0.717, 1.165) is 16.9 Å². The van der Waals surface area contributed by atoms with Crippen LogP contribution in [-0.4, -0.2) is 63.4 Å². The van der Waals surface area contributed by atoms with Crippen LogP contribution >= 0.6 is 0 Å². The normalized spacial score (nSPS) is 15.8. The van der Waals surface area contributed by atoms with Crippen molar-refractivity contribution in [2.45, 2.75) is 12.3 Å². The van der Waals surface area contributed by atoms with Crippen LogP contribution in [0.3, 0.4) is 0 Å². The monoisotopic (exact) mass is 417 g/mol. The molecule has 29 heavy (non-hydrogen) atoms. The van der Waals surface area contributed by atoms with Crippen molar-refractivity contribution >= 4 is 15.9 Å². The molecule has 1 N–H and O–H groups in total. The van der Waals surface area contributed by atoms with Gasteiger partial charge in [0.25, 0.3) is 0 Å². The molecular weight excluding hydrogens is 390 g/mol. The van der Waals surface area contributed by atoms with E-state index in [1.165, 1.54) is 4.31 Å². The van der Waals surface area contributed by atoms with Crippen LogP contribution in [0.2, 0.25) is 0 Å². The molecule has 2 aromatic rings. The number of ether oxygens (including phenoxy) is 1. The molecule has 1 aliphatic heterocycles. The third-order valence-electron chi connectivity index (χ3n) is 4.91. The lowest BCUT2D eigenvalue weighted by molar-refractivity contribution is -0.122. The SMILES string of the molecule is COc1cccc(CNC(=O)CN2CCN(S(=O)(=O)Cc3ccccc3)CC2)c1. The quantitative estimate of drug-likeness (QED) is 0.704. The van der Waals surface area contributed by atoms with Gasteiger partial charge in [-0.2, -0.15) is 4.31 Å². The molecule has 0 saturated carbocycles. The fourth-order valence-corrected chi connectivity index (χ4v) is 4.80. The zero-order valence-electron chi connectivity index (χ0n) is 16.6. The molecule has 1 fully saturated rings. The number of carbonyl (C=O) groups is 1. The number of nitrogens with one attached hydrogen (secondary N) is 1. The first-order valence-electron chi connectivity index (χ1n) is 9.60. The first-order chi connectivity index (χ1) is 14.0. The molecular formula is C21H27N3O4S. The second-order valence-electron chi connectivity index (χ2n) is 7.05. The topological polar surface area (TPSA) is 79.0 Å². The van der Waals surface area contributed by atoms with Crippen molar-refractivity contribution in [1.29, 1.82) is 0 Å². The Morgan fingerprint density at radius 2 is 1.69 bits per heavy atom. The highest BCUT2D eigenvalue weighted by Crippen LogP contribution is 2.14. The standard InChI is InChI=1S/C21H27N3O4S/c1-28-20-9-5-8-19(14-20)15-22-21(25)16-23-10-12-24(13-11-23)29(26,27)17-18-6-3-2-4-7-18/h2-9,14H,10-13,15-17H2,1H3,(H,22,25). The third-order valence-corrected chi connectivity index (χ3v) is 6.76. The van der Waals surface area contributed by atoms with Gasteiger partial charge in [0.15, 0.2) is 0 Å². The minimum Gasteiger partial charge on any atom is -0.497 e. The molecule has 0 atom stereocenters. The number of nitrogens with zero attached hydrogens (tertiary/aromatic N) is 2. The molecule has 2 aromatic carbocycles. The van der Waals surface area contributed by atoms with Crippen LogP contribution in [0.4, 0.5) is 0 Å². The van der Waals surface area contributed by atoms with Gasteiger partial charge in [-0.25, -0.2) is 8.42 Å². The van der Waals surface area contributed by atoms with Crippen molar-refractivity contribution in [3.05, 3.63) is 65.7 Å². The lowest BCUT2D eigenvalue weighted by atomic mass is 10.2. The summed E-state index contributed by atoms with van der Waals surface area (Å²) in [7, 11) is -1.74. The molecule has 0 spiro atoms. The minimum absolute atomic E-state index is 0.00879. The molecule has 7 nitrogen and oxygen atoms in total. The summed E-state index contributed by atoms with van der Waals surface area (Å²) in [5.41, 5.74) is 1.75. The van der Waals surface area contributed by atoms with Gasteiger partial charge >= 0.3 is 0 Å². The van der Waals surface area contributed by atoms with Crippen LogP contribution in [0.1, 0.15) is 11.1 Å². The average Bonchev–Trinajstić information content (AvgIpc) is 2.73. The van der Waals surface area contributed by atoms with E-state index in [4.69, 9.17) is 4.74 Å². The zero-order valence-corrected chi connectivity index (χ0v) is 17.4. The Kier molecular flexibility index (Phi) is 7.24. The number of rotatable bonds is 8. The summed E-state index contributed by atoms with van der Waals surface area (Å²) in [5, 5.41) is 2.90. The van der Waals surface area contributed by atoms with Crippen LogP contribution in [0.15, 0.2) is 54.6 Å². The summed E-state index contributed by atoms with van der Waals surface area (Å²) in [6, 6.07) is 16.7. The number of amides is 1. The number of hydrogen-bond acceptors (Lipinski definition) is 5. The highest BCUT2D eigenvalue weighted by Gasteiger charge is 2.27. The summed E-state index contributed by atoms with van der Waals surface area (Å²) >= 11 is 0. The van der Waals surface area contributed by atoms with E-state index in [1.54, 1.807) is 7.11 Å². The Morgan fingerprint density at radius 3 is 2.38 bits per heavy atom. The van der Waals surface area contributed by atoms with Gasteiger partial charge in [-0.05, 0) is 23.3 Å². The highest BCUT2D eigenvalue weighted by atomic mass is 32.2. The maximum Gasteiger partial charge on any atom is 0.234 e. The molecule has 1 aliphatic rings. The number of hydrogen-bond donors (Lipinski definition) is 1. The number of sulfonamides is 1. The Balaban J connectivity index is 1.43. The largest absolute Gasteiger partial charge is 0.497 e. The van der Waals surface area contributed by atoms with Crippen LogP contribution in [0.5, 0.6) is 5.75 Å². The maximum absolute atomic E-state index is 12.6. The average molecular weight is 418 g/mol. The highest BCUT2D eigenvalue weighted by molar-refractivity contribution is 7.88. The summed E-state index contributed by atoms with van der Waals surface area (Å²) in [5.74, 6) is 0.687. The lowest BCUT2D eigenvalue weighted by Crippen LogP contribution is -2.51. The van der Waals surface area contributed by atoms with Gasteiger partial charge in [-0.15, -0.1) is 0 Å². The molecule has 1 amide bonds. The van der Waals surface area contributed by atoms with E-state index in [-0.39, 0.29) is 18.2 Å². The number of benzene rings is 2. The fraction of sp³-hybridized carbons (Fsp3) is 0.381. The molecule has 0 bridgehead atoms. The number of carbonyl (C=O) groups excluding carboxylic acids is 1. The molecule has 3 rings (SSSR count). The van der Waals surface area contributed by atoms with E-state index >= 15 is 0 Å². The van der Waals surface area contributed by atoms with E-state index in [2.05, 4.69) is 5.32 Å². The Morgan fingerprint density at radius 1 is 1.00 bits per heavy atom. The number of methoxy groups -OCH3 is 1. The van der Waals surface area contributed by atoms with Gasteiger partial charge in [0.2, 0.25) is 15.9 Å². The van der Waals surface area contributed by atoms with E-state index in [9.17, 15) is 13.2 Å². The second-order valence-corrected chi connectivity index (χ2v) is 9.01. The van der Waals surface area contributed by atoms with E-state index in [0.29, 0.717) is 32.7 Å². The summed E-state index contributed by atoms with van der Waals surface area (Å²) in [6.07, 6.45) is 0. The van der Waals surface area contributed by atoms with Crippen molar-refractivity contribution < 1.29 is 17.9 Å².